The molecule has 2 aromatic rings. The van der Waals surface area contributed by atoms with Crippen LogP contribution in [0, 0.1) is 0 Å². The van der Waals surface area contributed by atoms with Crippen molar-refractivity contribution in [3.05, 3.63) is 70.8 Å². The molecule has 0 saturated heterocycles. The van der Waals surface area contributed by atoms with Crippen molar-refractivity contribution in [2.24, 2.45) is 0 Å². The molecule has 29 heavy (non-hydrogen) atoms. The fraction of sp³-hybridized carbons (Fsp3) is 0.462. The molecule has 3 rings (SSSR count). The Hall–Kier alpha value is -2.42. The fourth-order valence-corrected chi connectivity index (χ4v) is 4.48. The maximum absolute atomic E-state index is 13.0. The van der Waals surface area contributed by atoms with Crippen molar-refractivity contribution in [3.8, 4) is 0 Å². The highest BCUT2D eigenvalue weighted by Gasteiger charge is 2.43. The average molecular weight is 393 g/mol. The number of carboxylic acid groups (broad SMARTS) is 1. The second-order valence-corrected chi connectivity index (χ2v) is 8.37. The molecule has 0 atom stereocenters. The maximum Gasteiger partial charge on any atom is 0.314 e. The van der Waals surface area contributed by atoms with Crippen molar-refractivity contribution in [1.29, 1.82) is 0 Å². The molecule has 0 heterocycles. The molecule has 1 aliphatic rings. The highest BCUT2D eigenvalue weighted by Crippen LogP contribution is 2.41. The Kier molecular flexibility index (Phi) is 7.24. The van der Waals surface area contributed by atoms with Gasteiger partial charge in [-0.1, -0.05) is 87.9 Å². The Morgan fingerprint density at radius 3 is 2.24 bits per heavy atom. The topological polar surface area (TPSA) is 54.4 Å². The molecule has 2 aromatic carbocycles. The summed E-state index contributed by atoms with van der Waals surface area (Å²) in [5, 5.41) is 9.83. The van der Waals surface area contributed by atoms with Crippen LogP contribution in [0.3, 0.4) is 0 Å². The molecular formula is C26H32O3. The van der Waals surface area contributed by atoms with Gasteiger partial charge in [-0.2, -0.15) is 0 Å². The SMILES string of the molecule is CCCCCCCc1ccc(C(=O)c2cccc(C3(C(=O)O)CCCC3)c2)cc1. The van der Waals surface area contributed by atoms with E-state index in [9.17, 15) is 14.7 Å². The molecule has 0 unspecified atom stereocenters. The van der Waals surface area contributed by atoms with Crippen molar-refractivity contribution in [2.75, 3.05) is 0 Å². The number of hydrogen-bond donors (Lipinski definition) is 1. The number of ketones is 1. The van der Waals surface area contributed by atoms with E-state index in [1.165, 1.54) is 37.7 Å². The second kappa shape index (κ2) is 9.87. The molecule has 0 aliphatic heterocycles. The third-order valence-electron chi connectivity index (χ3n) is 6.33. The molecule has 0 aromatic heterocycles. The van der Waals surface area contributed by atoms with Gasteiger partial charge in [0.2, 0.25) is 0 Å². The predicted molar refractivity (Wildman–Crippen MR) is 117 cm³/mol. The summed E-state index contributed by atoms with van der Waals surface area (Å²) in [7, 11) is 0. The largest absolute Gasteiger partial charge is 0.481 e. The van der Waals surface area contributed by atoms with Crippen molar-refractivity contribution >= 4 is 11.8 Å². The predicted octanol–water partition coefficient (Wildman–Crippen LogP) is 6.33. The van der Waals surface area contributed by atoms with E-state index >= 15 is 0 Å². The molecule has 0 spiro atoms. The van der Waals surface area contributed by atoms with E-state index in [0.717, 1.165) is 24.8 Å². The second-order valence-electron chi connectivity index (χ2n) is 8.37. The zero-order valence-electron chi connectivity index (χ0n) is 17.5. The number of rotatable bonds is 10. The van der Waals surface area contributed by atoms with Gasteiger partial charge in [0.05, 0.1) is 5.41 Å². The third-order valence-corrected chi connectivity index (χ3v) is 6.33. The molecule has 3 nitrogen and oxygen atoms in total. The van der Waals surface area contributed by atoms with E-state index in [4.69, 9.17) is 0 Å². The smallest absolute Gasteiger partial charge is 0.314 e. The van der Waals surface area contributed by atoms with Crippen molar-refractivity contribution in [3.63, 3.8) is 0 Å². The molecule has 1 fully saturated rings. The Morgan fingerprint density at radius 2 is 1.59 bits per heavy atom. The number of hydrogen-bond acceptors (Lipinski definition) is 2. The van der Waals surface area contributed by atoms with Gasteiger partial charge in [0.15, 0.2) is 5.78 Å². The van der Waals surface area contributed by atoms with Gasteiger partial charge in [-0.3, -0.25) is 9.59 Å². The van der Waals surface area contributed by atoms with Crippen molar-refractivity contribution in [1.82, 2.24) is 0 Å². The average Bonchev–Trinajstić information content (AvgIpc) is 3.25. The number of aryl methyl sites for hydroxylation is 1. The minimum absolute atomic E-state index is 0.0418. The summed E-state index contributed by atoms with van der Waals surface area (Å²) in [6.45, 7) is 2.22. The van der Waals surface area contributed by atoms with Crippen LogP contribution >= 0.6 is 0 Å². The summed E-state index contributed by atoms with van der Waals surface area (Å²) in [5.41, 5.74) is 2.42. The van der Waals surface area contributed by atoms with Crippen LogP contribution in [0.2, 0.25) is 0 Å². The van der Waals surface area contributed by atoms with Crippen molar-refractivity contribution in [2.45, 2.75) is 76.5 Å². The van der Waals surface area contributed by atoms with Crippen LogP contribution in [-0.2, 0) is 16.6 Å². The summed E-state index contributed by atoms with van der Waals surface area (Å²) in [5.74, 6) is -0.817. The van der Waals surface area contributed by atoms with E-state index < -0.39 is 11.4 Å². The molecule has 0 bridgehead atoms. The summed E-state index contributed by atoms with van der Waals surface area (Å²) in [6.07, 6.45) is 10.5. The summed E-state index contributed by atoms with van der Waals surface area (Å²) in [6, 6.07) is 15.2. The van der Waals surface area contributed by atoms with Crippen molar-refractivity contribution < 1.29 is 14.7 Å². The third kappa shape index (κ3) is 4.95. The van der Waals surface area contributed by atoms with Gasteiger partial charge in [-0.25, -0.2) is 0 Å². The van der Waals surface area contributed by atoms with Crippen LogP contribution in [0.25, 0.3) is 0 Å². The van der Waals surface area contributed by atoms with Gasteiger partial charge in [-0.15, -0.1) is 0 Å². The van der Waals surface area contributed by atoms with Gasteiger partial charge in [0.1, 0.15) is 0 Å². The summed E-state index contributed by atoms with van der Waals surface area (Å²) >= 11 is 0. The quantitative estimate of drug-likeness (QED) is 0.380. The first-order valence-electron chi connectivity index (χ1n) is 11.0. The van der Waals surface area contributed by atoms with Crippen LogP contribution in [0.1, 0.15) is 91.8 Å². The lowest BCUT2D eigenvalue weighted by Gasteiger charge is -2.24. The first kappa shape index (κ1) is 21.3. The van der Waals surface area contributed by atoms with E-state index in [0.29, 0.717) is 24.0 Å². The number of unbranched alkanes of at least 4 members (excludes halogenated alkanes) is 4. The molecule has 3 heteroatoms. The highest BCUT2D eigenvalue weighted by molar-refractivity contribution is 6.09. The number of carboxylic acids is 1. The number of carbonyl (C=O) groups excluding carboxylic acids is 1. The van der Waals surface area contributed by atoms with Gasteiger partial charge in [0, 0.05) is 11.1 Å². The molecule has 0 radical (unpaired) electrons. The number of benzene rings is 2. The Balaban J connectivity index is 1.70. The number of aliphatic carboxylic acids is 1. The fourth-order valence-electron chi connectivity index (χ4n) is 4.48. The molecule has 1 aliphatic carbocycles. The molecule has 154 valence electrons. The normalized spacial score (nSPS) is 15.3. The van der Waals surface area contributed by atoms with E-state index in [-0.39, 0.29) is 5.78 Å². The maximum atomic E-state index is 13.0. The number of carbonyl (C=O) groups is 2. The summed E-state index contributed by atoms with van der Waals surface area (Å²) in [4.78, 5) is 25.0. The first-order chi connectivity index (χ1) is 14.1. The van der Waals surface area contributed by atoms with Gasteiger partial charge in [-0.05, 0) is 42.9 Å². The lowest BCUT2D eigenvalue weighted by Crippen LogP contribution is -2.32. The Labute approximate surface area is 174 Å². The lowest BCUT2D eigenvalue weighted by molar-refractivity contribution is -0.143. The first-order valence-corrected chi connectivity index (χ1v) is 11.0. The minimum Gasteiger partial charge on any atom is -0.481 e. The molecular weight excluding hydrogens is 360 g/mol. The minimum atomic E-state index is -0.835. The molecule has 1 saturated carbocycles. The molecule has 1 N–H and O–H groups in total. The van der Waals surface area contributed by atoms with Crippen LogP contribution in [0.4, 0.5) is 0 Å². The standard InChI is InChI=1S/C26H32O3/c1-2-3-4-5-6-10-20-13-15-21(16-14-20)24(27)22-11-9-12-23(19-22)26(25(28)29)17-7-8-18-26/h9,11-16,19H,2-8,10,17-18H2,1H3,(H,28,29). The van der Waals surface area contributed by atoms with Crippen LogP contribution in [0.5, 0.6) is 0 Å². The zero-order valence-corrected chi connectivity index (χ0v) is 17.5. The van der Waals surface area contributed by atoms with E-state index in [1.807, 2.05) is 36.4 Å². The van der Waals surface area contributed by atoms with E-state index in [2.05, 4.69) is 6.92 Å². The van der Waals surface area contributed by atoms with Crippen LogP contribution in [0.15, 0.2) is 48.5 Å². The lowest BCUT2D eigenvalue weighted by atomic mass is 9.78. The van der Waals surface area contributed by atoms with Crippen LogP contribution < -0.4 is 0 Å². The Morgan fingerprint density at radius 1 is 0.897 bits per heavy atom. The highest BCUT2D eigenvalue weighted by atomic mass is 16.4. The Bertz CT molecular complexity index is 829. The molecule has 0 amide bonds. The summed E-state index contributed by atoms with van der Waals surface area (Å²) < 4.78 is 0. The van der Waals surface area contributed by atoms with Gasteiger partial charge in [0.25, 0.3) is 0 Å². The van der Waals surface area contributed by atoms with Gasteiger partial charge >= 0.3 is 5.97 Å². The monoisotopic (exact) mass is 392 g/mol. The van der Waals surface area contributed by atoms with E-state index in [1.54, 1.807) is 12.1 Å². The zero-order chi connectivity index (χ0) is 20.7. The van der Waals surface area contributed by atoms with Gasteiger partial charge < -0.3 is 5.11 Å². The van der Waals surface area contributed by atoms with Crippen LogP contribution in [-0.4, -0.2) is 16.9 Å².